The zero-order chi connectivity index (χ0) is 14.9. The molecule has 2 aromatic carbocycles. The standard InChI is InChI=1S/C20H22O/c1-3-4-15-21-16-5-6-18-9-13-20(14-10-18)19-11-7-17(2)8-12-19/h7-14H,3-4,15-16H2,1-2H3. The van der Waals surface area contributed by atoms with Gasteiger partial charge in [0.05, 0.1) is 0 Å². The highest BCUT2D eigenvalue weighted by Crippen LogP contribution is 2.19. The average molecular weight is 278 g/mol. The van der Waals surface area contributed by atoms with E-state index in [-0.39, 0.29) is 0 Å². The Morgan fingerprint density at radius 2 is 1.52 bits per heavy atom. The Balaban J connectivity index is 1.93. The summed E-state index contributed by atoms with van der Waals surface area (Å²) in [5, 5.41) is 0. The molecule has 21 heavy (non-hydrogen) atoms. The molecule has 0 aliphatic heterocycles. The van der Waals surface area contributed by atoms with Crippen LogP contribution in [0.1, 0.15) is 30.9 Å². The van der Waals surface area contributed by atoms with Gasteiger partial charge in [0.2, 0.25) is 0 Å². The number of unbranched alkanes of at least 4 members (excludes halogenated alkanes) is 1. The second-order valence-electron chi connectivity index (χ2n) is 5.15. The summed E-state index contributed by atoms with van der Waals surface area (Å²) < 4.78 is 5.43. The number of hydrogen-bond acceptors (Lipinski definition) is 1. The molecule has 2 aromatic rings. The third-order valence-electron chi connectivity index (χ3n) is 3.32. The first kappa shape index (κ1) is 15.4. The minimum Gasteiger partial charge on any atom is -0.369 e. The largest absolute Gasteiger partial charge is 0.369 e. The molecule has 0 aliphatic carbocycles. The lowest BCUT2D eigenvalue weighted by atomic mass is 10.0. The van der Waals surface area contributed by atoms with Crippen molar-refractivity contribution in [1.29, 1.82) is 0 Å². The van der Waals surface area contributed by atoms with Crippen molar-refractivity contribution in [2.75, 3.05) is 13.2 Å². The normalized spacial score (nSPS) is 10.0. The van der Waals surface area contributed by atoms with Crippen molar-refractivity contribution in [3.8, 4) is 23.0 Å². The lowest BCUT2D eigenvalue weighted by molar-refractivity contribution is 0.163. The van der Waals surface area contributed by atoms with Crippen molar-refractivity contribution in [1.82, 2.24) is 0 Å². The SMILES string of the molecule is CCCCOCC#Cc1ccc(-c2ccc(C)cc2)cc1. The maximum Gasteiger partial charge on any atom is 0.108 e. The van der Waals surface area contributed by atoms with Crippen LogP contribution in [0.3, 0.4) is 0 Å². The summed E-state index contributed by atoms with van der Waals surface area (Å²) in [7, 11) is 0. The third-order valence-corrected chi connectivity index (χ3v) is 3.32. The Kier molecular flexibility index (Phi) is 6.06. The minimum absolute atomic E-state index is 0.514. The zero-order valence-electron chi connectivity index (χ0n) is 12.9. The summed E-state index contributed by atoms with van der Waals surface area (Å²) in [6.45, 7) is 5.58. The van der Waals surface area contributed by atoms with Gasteiger partial charge in [0, 0.05) is 12.2 Å². The molecule has 0 N–H and O–H groups in total. The molecule has 0 aliphatic rings. The van der Waals surface area contributed by atoms with Crippen LogP contribution in [0, 0.1) is 18.8 Å². The molecule has 0 heterocycles. The van der Waals surface area contributed by atoms with Gasteiger partial charge >= 0.3 is 0 Å². The Morgan fingerprint density at radius 1 is 0.905 bits per heavy atom. The molecule has 108 valence electrons. The molecule has 0 saturated heterocycles. The molecule has 0 unspecified atom stereocenters. The third kappa shape index (κ3) is 5.10. The second-order valence-corrected chi connectivity index (χ2v) is 5.15. The van der Waals surface area contributed by atoms with Gasteiger partial charge in [-0.05, 0) is 36.6 Å². The van der Waals surface area contributed by atoms with E-state index < -0.39 is 0 Å². The van der Waals surface area contributed by atoms with Gasteiger partial charge in [-0.25, -0.2) is 0 Å². The highest BCUT2D eigenvalue weighted by Gasteiger charge is 1.96. The average Bonchev–Trinajstić information content (AvgIpc) is 2.52. The van der Waals surface area contributed by atoms with E-state index in [4.69, 9.17) is 4.74 Å². The summed E-state index contributed by atoms with van der Waals surface area (Å²) in [4.78, 5) is 0. The summed E-state index contributed by atoms with van der Waals surface area (Å²) in [6, 6.07) is 16.9. The van der Waals surface area contributed by atoms with Crippen molar-refractivity contribution in [2.45, 2.75) is 26.7 Å². The molecule has 0 radical (unpaired) electrons. The fourth-order valence-corrected chi connectivity index (χ4v) is 2.00. The molecule has 0 atom stereocenters. The fraction of sp³-hybridized carbons (Fsp3) is 0.300. The van der Waals surface area contributed by atoms with Crippen LogP contribution in [0.4, 0.5) is 0 Å². The molecular formula is C20H22O. The number of benzene rings is 2. The minimum atomic E-state index is 0.514. The Labute approximate surface area is 128 Å². The maximum absolute atomic E-state index is 5.43. The van der Waals surface area contributed by atoms with Gasteiger partial charge in [0.1, 0.15) is 6.61 Å². The first-order valence-electron chi connectivity index (χ1n) is 7.53. The van der Waals surface area contributed by atoms with Gasteiger partial charge in [0.15, 0.2) is 0 Å². The first-order chi connectivity index (χ1) is 10.3. The Bertz CT molecular complexity index is 597. The Morgan fingerprint density at radius 3 is 2.14 bits per heavy atom. The first-order valence-corrected chi connectivity index (χ1v) is 7.53. The Hall–Kier alpha value is -2.04. The number of aryl methyl sites for hydroxylation is 1. The van der Waals surface area contributed by atoms with Gasteiger partial charge in [0.25, 0.3) is 0 Å². The molecule has 0 fully saturated rings. The van der Waals surface area contributed by atoms with Crippen LogP contribution in [-0.2, 0) is 4.74 Å². The van der Waals surface area contributed by atoms with Crippen LogP contribution in [-0.4, -0.2) is 13.2 Å². The van der Waals surface area contributed by atoms with E-state index in [9.17, 15) is 0 Å². The van der Waals surface area contributed by atoms with Crippen LogP contribution in [0.2, 0.25) is 0 Å². The molecule has 0 aromatic heterocycles. The van der Waals surface area contributed by atoms with E-state index >= 15 is 0 Å². The highest BCUT2D eigenvalue weighted by atomic mass is 16.5. The molecular weight excluding hydrogens is 256 g/mol. The van der Waals surface area contributed by atoms with Gasteiger partial charge in [-0.3, -0.25) is 0 Å². The number of hydrogen-bond donors (Lipinski definition) is 0. The smallest absolute Gasteiger partial charge is 0.108 e. The van der Waals surface area contributed by atoms with Crippen molar-refractivity contribution in [2.24, 2.45) is 0 Å². The summed E-state index contributed by atoms with van der Waals surface area (Å²) >= 11 is 0. The zero-order valence-corrected chi connectivity index (χ0v) is 12.9. The van der Waals surface area contributed by atoms with Crippen LogP contribution in [0.5, 0.6) is 0 Å². The van der Waals surface area contributed by atoms with Gasteiger partial charge in [-0.2, -0.15) is 0 Å². The molecule has 0 saturated carbocycles. The van der Waals surface area contributed by atoms with Crippen molar-refractivity contribution in [3.63, 3.8) is 0 Å². The van der Waals surface area contributed by atoms with E-state index in [0.29, 0.717) is 6.61 Å². The molecule has 1 nitrogen and oxygen atoms in total. The lowest BCUT2D eigenvalue weighted by Crippen LogP contribution is -1.93. The van der Waals surface area contributed by atoms with E-state index in [1.165, 1.54) is 16.7 Å². The van der Waals surface area contributed by atoms with E-state index in [1.807, 2.05) is 0 Å². The van der Waals surface area contributed by atoms with Crippen molar-refractivity contribution in [3.05, 3.63) is 59.7 Å². The van der Waals surface area contributed by atoms with Crippen LogP contribution in [0.25, 0.3) is 11.1 Å². The number of ether oxygens (including phenoxy) is 1. The predicted molar refractivity (Wildman–Crippen MR) is 89.2 cm³/mol. The van der Waals surface area contributed by atoms with Gasteiger partial charge in [-0.15, -0.1) is 0 Å². The van der Waals surface area contributed by atoms with Crippen molar-refractivity contribution < 1.29 is 4.74 Å². The molecule has 0 amide bonds. The predicted octanol–water partition coefficient (Wildman–Crippen LogP) is 4.83. The highest BCUT2D eigenvalue weighted by molar-refractivity contribution is 5.64. The lowest BCUT2D eigenvalue weighted by Gasteiger charge is -2.02. The second kappa shape index (κ2) is 8.29. The van der Waals surface area contributed by atoms with Crippen LogP contribution >= 0.6 is 0 Å². The van der Waals surface area contributed by atoms with Crippen LogP contribution < -0.4 is 0 Å². The molecule has 0 bridgehead atoms. The summed E-state index contributed by atoms with van der Waals surface area (Å²) in [5.74, 6) is 6.19. The molecule has 2 rings (SSSR count). The van der Waals surface area contributed by atoms with E-state index in [0.717, 1.165) is 25.0 Å². The van der Waals surface area contributed by atoms with E-state index in [2.05, 4.69) is 74.2 Å². The van der Waals surface area contributed by atoms with E-state index in [1.54, 1.807) is 0 Å². The summed E-state index contributed by atoms with van der Waals surface area (Å²) in [5.41, 5.74) is 4.78. The topological polar surface area (TPSA) is 9.23 Å². The molecule has 0 spiro atoms. The molecule has 1 heteroatoms. The van der Waals surface area contributed by atoms with Gasteiger partial charge < -0.3 is 4.74 Å². The van der Waals surface area contributed by atoms with Gasteiger partial charge in [-0.1, -0.05) is 67.1 Å². The van der Waals surface area contributed by atoms with Crippen molar-refractivity contribution >= 4 is 0 Å². The summed E-state index contributed by atoms with van der Waals surface area (Å²) in [6.07, 6.45) is 2.26. The van der Waals surface area contributed by atoms with Crippen LogP contribution in [0.15, 0.2) is 48.5 Å². The maximum atomic E-state index is 5.43. The number of rotatable bonds is 5. The fourth-order valence-electron chi connectivity index (χ4n) is 2.00. The monoisotopic (exact) mass is 278 g/mol. The quantitative estimate of drug-likeness (QED) is 0.562.